The first-order valence-electron chi connectivity index (χ1n) is 8.81. The minimum atomic E-state index is -0.685. The largest absolute Gasteiger partial charge is 0.487 e. The van der Waals surface area contributed by atoms with E-state index in [1.165, 1.54) is 11.1 Å². The van der Waals surface area contributed by atoms with Crippen molar-refractivity contribution in [3.8, 4) is 5.75 Å². The van der Waals surface area contributed by atoms with E-state index in [2.05, 4.69) is 39.0 Å². The molecule has 0 saturated heterocycles. The molecule has 3 rings (SSSR count). The van der Waals surface area contributed by atoms with Crippen LogP contribution in [0.15, 0.2) is 18.2 Å². The maximum absolute atomic E-state index is 11.9. The Hall–Kier alpha value is -1.51. The Balaban J connectivity index is 2.00. The van der Waals surface area contributed by atoms with Crippen molar-refractivity contribution in [2.45, 2.75) is 71.3 Å². The van der Waals surface area contributed by atoms with Gasteiger partial charge in [-0.05, 0) is 69.1 Å². The number of ether oxygens (including phenoxy) is 1. The first-order valence-corrected chi connectivity index (χ1v) is 8.81. The molecule has 1 saturated carbocycles. The van der Waals surface area contributed by atoms with E-state index in [-0.39, 0.29) is 11.5 Å². The summed E-state index contributed by atoms with van der Waals surface area (Å²) in [5, 5.41) is 9.82. The molecule has 1 aromatic rings. The minimum Gasteiger partial charge on any atom is -0.487 e. The van der Waals surface area contributed by atoms with E-state index in [0.717, 1.165) is 37.9 Å². The lowest BCUT2D eigenvalue weighted by atomic mass is 9.59. The molecule has 0 aromatic heterocycles. The fourth-order valence-corrected chi connectivity index (χ4v) is 4.64. The van der Waals surface area contributed by atoms with Gasteiger partial charge < -0.3 is 9.84 Å². The predicted octanol–water partition coefficient (Wildman–Crippen LogP) is 4.78. The number of carbonyl (C=O) groups is 1. The van der Waals surface area contributed by atoms with Crippen LogP contribution in [0.4, 0.5) is 0 Å². The average Bonchev–Trinajstić information content (AvgIpc) is 2.62. The Bertz CT molecular complexity index is 621. The van der Waals surface area contributed by atoms with Gasteiger partial charge in [0, 0.05) is 5.92 Å². The van der Waals surface area contributed by atoms with E-state index in [1.54, 1.807) is 0 Å². The Labute approximate surface area is 139 Å². The van der Waals surface area contributed by atoms with Crippen molar-refractivity contribution in [3.63, 3.8) is 0 Å². The van der Waals surface area contributed by atoms with Gasteiger partial charge in [0.25, 0.3) is 0 Å². The summed E-state index contributed by atoms with van der Waals surface area (Å²) in [6.07, 6.45) is 4.38. The second-order valence-corrected chi connectivity index (χ2v) is 8.10. The molecule has 23 heavy (non-hydrogen) atoms. The van der Waals surface area contributed by atoms with Gasteiger partial charge in [0.15, 0.2) is 0 Å². The van der Waals surface area contributed by atoms with E-state index in [1.807, 2.05) is 6.92 Å². The summed E-state index contributed by atoms with van der Waals surface area (Å²) in [5.41, 5.74) is 1.49. The van der Waals surface area contributed by atoms with Crippen LogP contribution in [0.2, 0.25) is 0 Å². The fourth-order valence-electron chi connectivity index (χ4n) is 4.64. The van der Waals surface area contributed by atoms with Gasteiger partial charge in [-0.25, -0.2) is 0 Å². The molecule has 0 amide bonds. The van der Waals surface area contributed by atoms with Crippen LogP contribution < -0.4 is 4.74 Å². The van der Waals surface area contributed by atoms with Gasteiger partial charge in [0.2, 0.25) is 0 Å². The summed E-state index contributed by atoms with van der Waals surface area (Å²) in [7, 11) is 0. The molecule has 0 radical (unpaired) electrons. The number of hydrogen-bond acceptors (Lipinski definition) is 2. The number of aliphatic carboxylic acids is 1. The highest BCUT2D eigenvalue weighted by atomic mass is 16.5. The summed E-state index contributed by atoms with van der Waals surface area (Å²) < 4.78 is 6.47. The number of aryl methyl sites for hydroxylation is 1. The first-order chi connectivity index (χ1) is 10.8. The van der Waals surface area contributed by atoms with E-state index < -0.39 is 11.4 Å². The molecule has 3 nitrogen and oxygen atoms in total. The Kier molecular flexibility index (Phi) is 3.94. The standard InChI is InChI=1S/C20H28O3/c1-13(2)14-6-8-16-15(12-14)7-9-17-19(3,18(21)22)10-5-11-20(17,4)23-16/h6,8,12-13,17H,5,7,9-11H2,1-4H3,(H,21,22)/t17-,19-,20-/m0/s1. The summed E-state index contributed by atoms with van der Waals surface area (Å²) in [6, 6.07) is 6.48. The van der Waals surface area contributed by atoms with Crippen LogP contribution in [-0.4, -0.2) is 16.7 Å². The van der Waals surface area contributed by atoms with Crippen molar-refractivity contribution >= 4 is 5.97 Å². The molecule has 1 fully saturated rings. The van der Waals surface area contributed by atoms with Crippen LogP contribution in [-0.2, 0) is 11.2 Å². The predicted molar refractivity (Wildman–Crippen MR) is 91.0 cm³/mol. The number of hydrogen-bond donors (Lipinski definition) is 1. The molecule has 0 spiro atoms. The molecule has 1 aliphatic carbocycles. The second kappa shape index (κ2) is 5.54. The number of carboxylic acids is 1. The third kappa shape index (κ3) is 2.64. The van der Waals surface area contributed by atoms with Crippen LogP contribution in [0, 0.1) is 11.3 Å². The lowest BCUT2D eigenvalue weighted by Gasteiger charge is -2.48. The number of benzene rings is 1. The number of carboxylic acid groups (broad SMARTS) is 1. The monoisotopic (exact) mass is 316 g/mol. The fraction of sp³-hybridized carbons (Fsp3) is 0.650. The highest BCUT2D eigenvalue weighted by molar-refractivity contribution is 5.75. The van der Waals surface area contributed by atoms with Crippen LogP contribution in [0.3, 0.4) is 0 Å². The van der Waals surface area contributed by atoms with Crippen LogP contribution in [0.5, 0.6) is 5.75 Å². The van der Waals surface area contributed by atoms with Gasteiger partial charge in [0.05, 0.1) is 5.41 Å². The van der Waals surface area contributed by atoms with Crippen molar-refractivity contribution in [2.24, 2.45) is 11.3 Å². The van der Waals surface area contributed by atoms with Gasteiger partial charge in [0.1, 0.15) is 11.4 Å². The zero-order valence-electron chi connectivity index (χ0n) is 14.7. The lowest BCUT2D eigenvalue weighted by molar-refractivity contribution is -0.164. The highest BCUT2D eigenvalue weighted by Gasteiger charge is 2.55. The third-order valence-electron chi connectivity index (χ3n) is 6.16. The summed E-state index contributed by atoms with van der Waals surface area (Å²) in [5.74, 6) is 0.821. The maximum atomic E-state index is 11.9. The van der Waals surface area contributed by atoms with E-state index >= 15 is 0 Å². The number of fused-ring (bicyclic) bond motifs is 2. The Morgan fingerprint density at radius 3 is 2.70 bits per heavy atom. The molecular formula is C20H28O3. The van der Waals surface area contributed by atoms with Crippen molar-refractivity contribution in [3.05, 3.63) is 29.3 Å². The molecule has 0 unspecified atom stereocenters. The van der Waals surface area contributed by atoms with Gasteiger partial charge in [-0.1, -0.05) is 26.0 Å². The second-order valence-electron chi connectivity index (χ2n) is 8.10. The van der Waals surface area contributed by atoms with Gasteiger partial charge in [-0.3, -0.25) is 4.79 Å². The van der Waals surface area contributed by atoms with Crippen LogP contribution in [0.1, 0.15) is 70.4 Å². The molecule has 3 atom stereocenters. The Morgan fingerprint density at radius 2 is 2.04 bits per heavy atom. The smallest absolute Gasteiger partial charge is 0.309 e. The van der Waals surface area contributed by atoms with E-state index in [0.29, 0.717) is 5.92 Å². The molecule has 1 N–H and O–H groups in total. The first kappa shape index (κ1) is 16.4. The highest BCUT2D eigenvalue weighted by Crippen LogP contribution is 2.52. The zero-order valence-corrected chi connectivity index (χ0v) is 14.7. The molecule has 1 aliphatic heterocycles. The normalized spacial score (nSPS) is 33.3. The van der Waals surface area contributed by atoms with Crippen molar-refractivity contribution in [1.29, 1.82) is 0 Å². The van der Waals surface area contributed by atoms with Crippen molar-refractivity contribution in [2.75, 3.05) is 0 Å². The molecule has 1 aromatic carbocycles. The lowest BCUT2D eigenvalue weighted by Crippen LogP contribution is -2.54. The van der Waals surface area contributed by atoms with Crippen LogP contribution >= 0.6 is 0 Å². The van der Waals surface area contributed by atoms with Crippen LogP contribution in [0.25, 0.3) is 0 Å². The van der Waals surface area contributed by atoms with Crippen molar-refractivity contribution < 1.29 is 14.6 Å². The maximum Gasteiger partial charge on any atom is 0.309 e. The number of rotatable bonds is 2. The van der Waals surface area contributed by atoms with Gasteiger partial charge >= 0.3 is 5.97 Å². The zero-order chi connectivity index (χ0) is 16.8. The molecular weight excluding hydrogens is 288 g/mol. The Morgan fingerprint density at radius 1 is 1.30 bits per heavy atom. The van der Waals surface area contributed by atoms with Crippen molar-refractivity contribution in [1.82, 2.24) is 0 Å². The average molecular weight is 316 g/mol. The van der Waals surface area contributed by atoms with E-state index in [4.69, 9.17) is 4.74 Å². The molecule has 126 valence electrons. The molecule has 0 bridgehead atoms. The summed E-state index contributed by atoms with van der Waals surface area (Å²) in [6.45, 7) is 8.42. The quantitative estimate of drug-likeness (QED) is 0.853. The molecule has 3 heteroatoms. The van der Waals surface area contributed by atoms with Gasteiger partial charge in [-0.2, -0.15) is 0 Å². The summed E-state index contributed by atoms with van der Waals surface area (Å²) >= 11 is 0. The minimum absolute atomic E-state index is 0.0520. The van der Waals surface area contributed by atoms with Gasteiger partial charge in [-0.15, -0.1) is 0 Å². The molecule has 2 aliphatic rings. The third-order valence-corrected chi connectivity index (χ3v) is 6.16. The summed E-state index contributed by atoms with van der Waals surface area (Å²) in [4.78, 5) is 11.9. The SMILES string of the molecule is CC(C)c1ccc2c(c1)CC[C@@H]1[C@](C)(CCC[C@]1(C)C(=O)O)O2. The topological polar surface area (TPSA) is 46.5 Å². The molecule has 1 heterocycles. The van der Waals surface area contributed by atoms with E-state index in [9.17, 15) is 9.90 Å².